The lowest BCUT2D eigenvalue weighted by Gasteiger charge is -2.30. The van der Waals surface area contributed by atoms with Crippen LogP contribution in [0, 0.1) is 5.92 Å². The van der Waals surface area contributed by atoms with Crippen LogP contribution >= 0.6 is 22.9 Å². The van der Waals surface area contributed by atoms with Crippen molar-refractivity contribution in [3.05, 3.63) is 27.1 Å². The van der Waals surface area contributed by atoms with Gasteiger partial charge in [0.1, 0.15) is 5.01 Å². The Bertz CT molecular complexity index is 749. The van der Waals surface area contributed by atoms with Gasteiger partial charge in [-0.2, -0.15) is 9.61 Å². The van der Waals surface area contributed by atoms with Crippen molar-refractivity contribution in [3.63, 3.8) is 0 Å². The van der Waals surface area contributed by atoms with E-state index < -0.39 is 0 Å². The second kappa shape index (κ2) is 6.34. The largest absolute Gasteiger partial charge is 0.342 e. The summed E-state index contributed by atoms with van der Waals surface area (Å²) < 4.78 is 1.24. The molecule has 3 heterocycles. The maximum absolute atomic E-state index is 12.3. The number of hydrogen-bond acceptors (Lipinski definition) is 5. The van der Waals surface area contributed by atoms with Gasteiger partial charge in [0.15, 0.2) is 0 Å². The van der Waals surface area contributed by atoms with E-state index in [9.17, 15) is 9.59 Å². The molecule has 118 valence electrons. The van der Waals surface area contributed by atoms with Crippen molar-refractivity contribution in [2.75, 3.05) is 13.1 Å². The van der Waals surface area contributed by atoms with Gasteiger partial charge in [-0.25, -0.2) is 4.98 Å². The van der Waals surface area contributed by atoms with Crippen molar-refractivity contribution in [3.8, 4) is 0 Å². The Morgan fingerprint density at radius 3 is 2.86 bits per heavy atom. The minimum Gasteiger partial charge on any atom is -0.342 e. The quantitative estimate of drug-likeness (QED) is 0.797. The lowest BCUT2D eigenvalue weighted by Crippen LogP contribution is -2.38. The Labute approximate surface area is 136 Å². The number of rotatable bonds is 3. The van der Waals surface area contributed by atoms with Gasteiger partial charge in [0, 0.05) is 19.2 Å². The SMILES string of the molecule is CC1CCN(C(=O)Cc2nn3c(=O)cc(CCl)nc3s2)CC1. The van der Waals surface area contributed by atoms with E-state index in [0.717, 1.165) is 25.9 Å². The van der Waals surface area contributed by atoms with E-state index in [0.29, 0.717) is 21.6 Å². The smallest absolute Gasteiger partial charge is 0.275 e. The highest BCUT2D eigenvalue weighted by atomic mass is 35.5. The molecule has 2 aromatic heterocycles. The first-order valence-electron chi connectivity index (χ1n) is 7.29. The Morgan fingerprint density at radius 2 is 2.18 bits per heavy atom. The van der Waals surface area contributed by atoms with Crippen LogP contribution in [0.3, 0.4) is 0 Å². The molecular formula is C14H17ClN4O2S. The van der Waals surface area contributed by atoms with Crippen LogP contribution < -0.4 is 5.56 Å². The normalized spacial score (nSPS) is 16.4. The maximum atomic E-state index is 12.3. The Hall–Kier alpha value is -1.47. The molecule has 0 atom stereocenters. The summed E-state index contributed by atoms with van der Waals surface area (Å²) in [6, 6.07) is 1.37. The molecule has 3 rings (SSSR count). The molecule has 6 nitrogen and oxygen atoms in total. The van der Waals surface area contributed by atoms with Crippen LogP contribution in [0.25, 0.3) is 4.96 Å². The van der Waals surface area contributed by atoms with Gasteiger partial charge in [-0.1, -0.05) is 18.3 Å². The van der Waals surface area contributed by atoms with Gasteiger partial charge in [-0.15, -0.1) is 11.6 Å². The van der Waals surface area contributed by atoms with Crippen molar-refractivity contribution in [2.24, 2.45) is 5.92 Å². The van der Waals surface area contributed by atoms with Crippen molar-refractivity contribution in [2.45, 2.75) is 32.1 Å². The van der Waals surface area contributed by atoms with Crippen molar-refractivity contribution in [1.82, 2.24) is 19.5 Å². The van der Waals surface area contributed by atoms with E-state index in [1.54, 1.807) is 0 Å². The summed E-state index contributed by atoms with van der Waals surface area (Å²) in [5.41, 5.74) is 0.264. The average molecular weight is 341 g/mol. The zero-order valence-electron chi connectivity index (χ0n) is 12.3. The number of nitrogens with zero attached hydrogens (tertiary/aromatic N) is 4. The number of likely N-dealkylation sites (tertiary alicyclic amines) is 1. The summed E-state index contributed by atoms with van der Waals surface area (Å²) in [6.07, 6.45) is 2.31. The average Bonchev–Trinajstić information content (AvgIpc) is 2.90. The van der Waals surface area contributed by atoms with Crippen LogP contribution in [-0.4, -0.2) is 38.5 Å². The van der Waals surface area contributed by atoms with Crippen LogP contribution in [-0.2, 0) is 17.1 Å². The van der Waals surface area contributed by atoms with Gasteiger partial charge in [0.2, 0.25) is 10.9 Å². The number of alkyl halides is 1. The van der Waals surface area contributed by atoms with Crippen molar-refractivity contribution >= 4 is 33.8 Å². The predicted molar refractivity (Wildman–Crippen MR) is 85.4 cm³/mol. The third kappa shape index (κ3) is 3.15. The monoisotopic (exact) mass is 340 g/mol. The van der Waals surface area contributed by atoms with Gasteiger partial charge < -0.3 is 4.90 Å². The Balaban J connectivity index is 1.78. The summed E-state index contributed by atoms with van der Waals surface area (Å²) in [4.78, 5) is 30.9. The van der Waals surface area contributed by atoms with Gasteiger partial charge >= 0.3 is 0 Å². The van der Waals surface area contributed by atoms with E-state index in [1.165, 1.54) is 21.9 Å². The lowest BCUT2D eigenvalue weighted by atomic mass is 9.99. The van der Waals surface area contributed by atoms with Crippen LogP contribution in [0.4, 0.5) is 0 Å². The first-order valence-corrected chi connectivity index (χ1v) is 8.64. The highest BCUT2D eigenvalue weighted by molar-refractivity contribution is 7.16. The topological polar surface area (TPSA) is 67.6 Å². The van der Waals surface area contributed by atoms with E-state index in [1.807, 2.05) is 4.90 Å². The van der Waals surface area contributed by atoms with Gasteiger partial charge in [-0.3, -0.25) is 9.59 Å². The fourth-order valence-corrected chi connectivity index (χ4v) is 3.58. The molecule has 1 aliphatic rings. The van der Waals surface area contributed by atoms with Crippen LogP contribution in [0.2, 0.25) is 0 Å². The second-order valence-corrected chi connectivity index (χ2v) is 6.96. The number of carbonyl (C=O) groups excluding carboxylic acids is 1. The molecule has 1 aliphatic heterocycles. The summed E-state index contributed by atoms with van der Waals surface area (Å²) >= 11 is 6.98. The molecular weight excluding hydrogens is 324 g/mol. The van der Waals surface area contributed by atoms with Crippen LogP contribution in [0.1, 0.15) is 30.5 Å². The van der Waals surface area contributed by atoms with Crippen molar-refractivity contribution < 1.29 is 4.79 Å². The van der Waals surface area contributed by atoms with E-state index in [-0.39, 0.29) is 23.8 Å². The number of hydrogen-bond donors (Lipinski definition) is 0. The van der Waals surface area contributed by atoms with Gasteiger partial charge in [0.05, 0.1) is 18.0 Å². The number of carbonyl (C=O) groups is 1. The Kier molecular flexibility index (Phi) is 4.44. The number of amides is 1. The summed E-state index contributed by atoms with van der Waals surface area (Å²) in [7, 11) is 0. The molecule has 0 saturated carbocycles. The third-order valence-electron chi connectivity index (χ3n) is 3.92. The highest BCUT2D eigenvalue weighted by Crippen LogP contribution is 2.18. The standard InChI is InChI=1S/C14H17ClN4O2S/c1-9-2-4-18(5-3-9)12(20)7-11-17-19-13(21)6-10(8-15)16-14(19)22-11/h6,9H,2-5,7-8H2,1H3. The number of aromatic nitrogens is 3. The molecule has 1 amide bonds. The highest BCUT2D eigenvalue weighted by Gasteiger charge is 2.21. The molecule has 0 N–H and O–H groups in total. The molecule has 0 radical (unpaired) electrons. The lowest BCUT2D eigenvalue weighted by molar-refractivity contribution is -0.131. The molecule has 22 heavy (non-hydrogen) atoms. The molecule has 1 saturated heterocycles. The second-order valence-electron chi connectivity index (χ2n) is 5.65. The number of piperidine rings is 1. The van der Waals surface area contributed by atoms with Gasteiger partial charge in [-0.05, 0) is 18.8 Å². The van der Waals surface area contributed by atoms with Crippen LogP contribution in [0.15, 0.2) is 10.9 Å². The fourth-order valence-electron chi connectivity index (χ4n) is 2.53. The molecule has 0 bridgehead atoms. The summed E-state index contributed by atoms with van der Waals surface area (Å²) in [5, 5.41) is 4.82. The Morgan fingerprint density at radius 1 is 1.45 bits per heavy atom. The summed E-state index contributed by atoms with van der Waals surface area (Å²) in [5.74, 6) is 0.934. The number of halogens is 1. The van der Waals surface area contributed by atoms with E-state index in [2.05, 4.69) is 17.0 Å². The van der Waals surface area contributed by atoms with Crippen molar-refractivity contribution in [1.29, 1.82) is 0 Å². The first-order chi connectivity index (χ1) is 10.6. The molecule has 0 aromatic carbocycles. The zero-order valence-corrected chi connectivity index (χ0v) is 13.9. The molecule has 0 aliphatic carbocycles. The number of fused-ring (bicyclic) bond motifs is 1. The summed E-state index contributed by atoms with van der Waals surface area (Å²) in [6.45, 7) is 3.82. The first kappa shape index (κ1) is 15.4. The third-order valence-corrected chi connectivity index (χ3v) is 5.10. The maximum Gasteiger partial charge on any atom is 0.275 e. The predicted octanol–water partition coefficient (Wildman–Crippen LogP) is 1.69. The van der Waals surface area contributed by atoms with E-state index >= 15 is 0 Å². The van der Waals surface area contributed by atoms with E-state index in [4.69, 9.17) is 11.6 Å². The molecule has 0 unspecified atom stereocenters. The minimum absolute atomic E-state index is 0.0663. The zero-order chi connectivity index (χ0) is 15.7. The fraction of sp³-hybridized carbons (Fsp3) is 0.571. The van der Waals surface area contributed by atoms with Gasteiger partial charge in [0.25, 0.3) is 5.56 Å². The molecule has 2 aromatic rings. The molecule has 8 heteroatoms. The van der Waals surface area contributed by atoms with Crippen LogP contribution in [0.5, 0.6) is 0 Å². The molecule has 1 fully saturated rings. The minimum atomic E-state index is -0.262. The molecule has 0 spiro atoms.